The van der Waals surface area contributed by atoms with Crippen LogP contribution in [0.15, 0.2) is 41.7 Å². The van der Waals surface area contributed by atoms with Crippen molar-refractivity contribution in [3.8, 4) is 0 Å². The van der Waals surface area contributed by atoms with Crippen molar-refractivity contribution in [1.29, 1.82) is 0 Å². The van der Waals surface area contributed by atoms with Gasteiger partial charge in [-0.1, -0.05) is 45.0 Å². The van der Waals surface area contributed by atoms with Crippen LogP contribution in [0.2, 0.25) is 0 Å². The second-order valence-corrected chi connectivity index (χ2v) is 7.34. The molecule has 0 spiro atoms. The Balaban J connectivity index is 0.00000338. The average molecular weight is 469 g/mol. The van der Waals surface area contributed by atoms with E-state index in [0.717, 1.165) is 31.0 Å². The lowest BCUT2D eigenvalue weighted by molar-refractivity contribution is 0.590. The van der Waals surface area contributed by atoms with Gasteiger partial charge in [0.15, 0.2) is 5.96 Å². The van der Waals surface area contributed by atoms with Crippen LogP contribution in [0.3, 0.4) is 0 Å². The second kappa shape index (κ2) is 10.5. The minimum Gasteiger partial charge on any atom is -0.357 e. The molecule has 0 bridgehead atoms. The Labute approximate surface area is 174 Å². The van der Waals surface area contributed by atoms with E-state index in [0.29, 0.717) is 6.54 Å². The second-order valence-electron chi connectivity index (χ2n) is 7.34. The molecule has 2 rings (SSSR count). The van der Waals surface area contributed by atoms with Crippen molar-refractivity contribution < 1.29 is 0 Å². The zero-order chi connectivity index (χ0) is 18.3. The third-order valence-electron chi connectivity index (χ3n) is 4.05. The van der Waals surface area contributed by atoms with E-state index in [-0.39, 0.29) is 29.4 Å². The molecule has 0 aliphatic rings. The summed E-state index contributed by atoms with van der Waals surface area (Å²) in [5, 5.41) is 10.9. The first-order valence-electron chi connectivity index (χ1n) is 8.97. The molecule has 2 N–H and O–H groups in total. The van der Waals surface area contributed by atoms with Gasteiger partial charge in [0.2, 0.25) is 0 Å². The molecule has 1 aromatic heterocycles. The van der Waals surface area contributed by atoms with Gasteiger partial charge in [-0.05, 0) is 29.9 Å². The van der Waals surface area contributed by atoms with Gasteiger partial charge in [0.1, 0.15) is 0 Å². The molecule has 0 atom stereocenters. The molecule has 0 aliphatic carbocycles. The molecule has 5 nitrogen and oxygen atoms in total. The van der Waals surface area contributed by atoms with Crippen LogP contribution in [0, 0.1) is 0 Å². The van der Waals surface area contributed by atoms with E-state index in [2.05, 4.69) is 72.7 Å². The van der Waals surface area contributed by atoms with Crippen LogP contribution >= 0.6 is 24.0 Å². The van der Waals surface area contributed by atoms with Crippen LogP contribution in [0.1, 0.15) is 44.4 Å². The Kier molecular flexibility index (Phi) is 9.12. The first-order chi connectivity index (χ1) is 11.9. The molecule has 0 saturated carbocycles. The molecule has 2 aromatic rings. The summed E-state index contributed by atoms with van der Waals surface area (Å²) in [4.78, 5) is 4.62. The van der Waals surface area contributed by atoms with Crippen molar-refractivity contribution >= 4 is 29.9 Å². The van der Waals surface area contributed by atoms with Gasteiger partial charge < -0.3 is 10.6 Å². The van der Waals surface area contributed by atoms with Crippen molar-refractivity contribution in [3.05, 3.63) is 53.3 Å². The van der Waals surface area contributed by atoms with E-state index in [1.807, 2.05) is 19.4 Å². The van der Waals surface area contributed by atoms with Crippen molar-refractivity contribution in [2.75, 3.05) is 13.1 Å². The minimum absolute atomic E-state index is 0. The summed E-state index contributed by atoms with van der Waals surface area (Å²) in [5.41, 5.74) is 4.02. The molecule has 0 fully saturated rings. The third-order valence-corrected chi connectivity index (χ3v) is 4.05. The first-order valence-corrected chi connectivity index (χ1v) is 8.97. The average Bonchev–Trinajstić information content (AvgIpc) is 2.98. The van der Waals surface area contributed by atoms with Gasteiger partial charge >= 0.3 is 0 Å². The summed E-state index contributed by atoms with van der Waals surface area (Å²) in [7, 11) is 1.92. The van der Waals surface area contributed by atoms with Gasteiger partial charge in [-0.3, -0.25) is 4.68 Å². The quantitative estimate of drug-likeness (QED) is 0.386. The molecule has 0 saturated heterocycles. The highest BCUT2D eigenvalue weighted by Crippen LogP contribution is 2.22. The maximum absolute atomic E-state index is 4.62. The predicted octanol–water partition coefficient (Wildman–Crippen LogP) is 3.63. The molecule has 0 amide bonds. The molecule has 1 aromatic carbocycles. The number of benzene rings is 1. The van der Waals surface area contributed by atoms with Crippen molar-refractivity contribution in [2.24, 2.45) is 12.0 Å². The number of halogens is 1. The fourth-order valence-corrected chi connectivity index (χ4v) is 2.56. The van der Waals surface area contributed by atoms with E-state index in [1.54, 1.807) is 4.68 Å². The van der Waals surface area contributed by atoms with E-state index >= 15 is 0 Å². The number of hydrogen-bond donors (Lipinski definition) is 2. The lowest BCUT2D eigenvalue weighted by Gasteiger charge is -2.19. The predicted molar refractivity (Wildman–Crippen MR) is 120 cm³/mol. The number of nitrogens with one attached hydrogen (secondary N) is 2. The van der Waals surface area contributed by atoms with Crippen LogP contribution in [0.25, 0.3) is 0 Å². The van der Waals surface area contributed by atoms with Gasteiger partial charge in [-0.2, -0.15) is 5.10 Å². The summed E-state index contributed by atoms with van der Waals surface area (Å²) in [6.45, 7) is 11.1. The number of rotatable bonds is 6. The third kappa shape index (κ3) is 7.35. The summed E-state index contributed by atoms with van der Waals surface area (Å²) >= 11 is 0. The van der Waals surface area contributed by atoms with Crippen molar-refractivity contribution in [2.45, 2.75) is 46.1 Å². The Morgan fingerprint density at radius 1 is 1.12 bits per heavy atom. The maximum atomic E-state index is 4.62. The van der Waals surface area contributed by atoms with Gasteiger partial charge in [0.25, 0.3) is 0 Å². The number of hydrogen-bond acceptors (Lipinski definition) is 2. The van der Waals surface area contributed by atoms with Crippen LogP contribution in [-0.2, 0) is 25.4 Å². The number of aryl methyl sites for hydroxylation is 1. The molecular weight excluding hydrogens is 437 g/mol. The van der Waals surface area contributed by atoms with Gasteiger partial charge in [0, 0.05) is 31.9 Å². The van der Waals surface area contributed by atoms with E-state index in [4.69, 9.17) is 0 Å². The van der Waals surface area contributed by atoms with E-state index < -0.39 is 0 Å². The highest BCUT2D eigenvalue weighted by molar-refractivity contribution is 14.0. The highest BCUT2D eigenvalue weighted by Gasteiger charge is 2.12. The van der Waals surface area contributed by atoms with Gasteiger partial charge in [-0.25, -0.2) is 4.99 Å². The summed E-state index contributed by atoms with van der Waals surface area (Å²) < 4.78 is 1.80. The lowest BCUT2D eigenvalue weighted by Crippen LogP contribution is -2.38. The first kappa shape index (κ1) is 22.5. The molecule has 1 heterocycles. The number of nitrogens with zero attached hydrogens (tertiary/aromatic N) is 3. The maximum Gasteiger partial charge on any atom is 0.191 e. The monoisotopic (exact) mass is 469 g/mol. The summed E-state index contributed by atoms with van der Waals surface area (Å²) in [5.74, 6) is 0.845. The smallest absolute Gasteiger partial charge is 0.191 e. The topological polar surface area (TPSA) is 54.2 Å². The Bertz CT molecular complexity index is 683. The fourth-order valence-electron chi connectivity index (χ4n) is 2.56. The largest absolute Gasteiger partial charge is 0.357 e. The molecule has 0 radical (unpaired) electrons. The zero-order valence-corrected chi connectivity index (χ0v) is 18.9. The molecule has 6 heteroatoms. The summed E-state index contributed by atoms with van der Waals surface area (Å²) in [6, 6.07) is 8.91. The van der Waals surface area contributed by atoms with Gasteiger partial charge in [-0.15, -0.1) is 24.0 Å². The van der Waals surface area contributed by atoms with Crippen molar-refractivity contribution in [1.82, 2.24) is 20.4 Å². The Hall–Kier alpha value is -1.57. The Morgan fingerprint density at radius 3 is 2.35 bits per heavy atom. The molecule has 0 unspecified atom stereocenters. The standard InChI is InChI=1S/C20H31N5.HI/c1-6-21-19(23-13-17-14-24-25(5)15-17)22-12-11-16-7-9-18(10-8-16)20(2,3)4;/h7-10,14-15H,6,11-13H2,1-5H3,(H2,21,22,23);1H. The molecule has 26 heavy (non-hydrogen) atoms. The minimum atomic E-state index is 0. The van der Waals surface area contributed by atoms with E-state index in [1.165, 1.54) is 11.1 Å². The number of guanidine groups is 1. The van der Waals surface area contributed by atoms with E-state index in [9.17, 15) is 0 Å². The van der Waals surface area contributed by atoms with Crippen LogP contribution in [-0.4, -0.2) is 28.8 Å². The fraction of sp³-hybridized carbons (Fsp3) is 0.500. The molecular formula is C20H32IN5. The SMILES string of the molecule is CCNC(=NCc1cnn(C)c1)NCCc1ccc(C(C)(C)C)cc1.I. The number of aliphatic imine (C=N–C) groups is 1. The normalized spacial score (nSPS) is 11.8. The van der Waals surface area contributed by atoms with Crippen LogP contribution < -0.4 is 10.6 Å². The molecule has 0 aliphatic heterocycles. The molecule has 144 valence electrons. The van der Waals surface area contributed by atoms with Crippen LogP contribution in [0.5, 0.6) is 0 Å². The zero-order valence-electron chi connectivity index (χ0n) is 16.5. The van der Waals surface area contributed by atoms with Crippen LogP contribution in [0.4, 0.5) is 0 Å². The number of aromatic nitrogens is 2. The Morgan fingerprint density at radius 2 is 1.81 bits per heavy atom. The van der Waals surface area contributed by atoms with Gasteiger partial charge in [0.05, 0.1) is 12.7 Å². The highest BCUT2D eigenvalue weighted by atomic mass is 127. The van der Waals surface area contributed by atoms with Crippen molar-refractivity contribution in [3.63, 3.8) is 0 Å². The lowest BCUT2D eigenvalue weighted by atomic mass is 9.86. The summed E-state index contributed by atoms with van der Waals surface area (Å²) in [6.07, 6.45) is 4.81.